The molecule has 0 fully saturated rings. The van der Waals surface area contributed by atoms with E-state index in [0.717, 1.165) is 28.4 Å². The van der Waals surface area contributed by atoms with E-state index in [1.165, 1.54) is 0 Å². The lowest BCUT2D eigenvalue weighted by molar-refractivity contribution is 0.297. The highest BCUT2D eigenvalue weighted by Crippen LogP contribution is 2.33. The van der Waals surface area contributed by atoms with Gasteiger partial charge in [-0.1, -0.05) is 11.6 Å². The Morgan fingerprint density at radius 1 is 1.44 bits per heavy atom. The highest BCUT2D eigenvalue weighted by atomic mass is 35.5. The van der Waals surface area contributed by atoms with Crippen LogP contribution in [0.5, 0.6) is 5.75 Å². The third kappa shape index (κ3) is 2.49. The first kappa shape index (κ1) is 12.9. The van der Waals surface area contributed by atoms with Crippen molar-refractivity contribution in [2.75, 3.05) is 13.7 Å². The molecule has 0 saturated carbocycles. The molecule has 1 aromatic carbocycles. The number of nitrogens with zero attached hydrogens (tertiary/aromatic N) is 1. The van der Waals surface area contributed by atoms with Gasteiger partial charge < -0.3 is 14.8 Å². The van der Waals surface area contributed by atoms with Crippen LogP contribution in [0.2, 0.25) is 5.02 Å². The highest BCUT2D eigenvalue weighted by Gasteiger charge is 2.11. The van der Waals surface area contributed by atoms with Crippen molar-refractivity contribution >= 4 is 11.6 Å². The van der Waals surface area contributed by atoms with Gasteiger partial charge in [0.2, 0.25) is 0 Å². The third-order valence-corrected chi connectivity index (χ3v) is 3.16. The molecule has 0 saturated heterocycles. The molecule has 4 nitrogen and oxygen atoms in total. The van der Waals surface area contributed by atoms with E-state index in [0.29, 0.717) is 11.4 Å². The summed E-state index contributed by atoms with van der Waals surface area (Å²) in [6.45, 7) is 2.00. The largest absolute Gasteiger partial charge is 0.496 e. The van der Waals surface area contributed by atoms with Crippen LogP contribution in [0, 0.1) is 6.92 Å². The Balaban J connectivity index is 2.45. The summed E-state index contributed by atoms with van der Waals surface area (Å²) in [4.78, 5) is 7.34. The number of aliphatic hydroxyl groups excluding tert-OH is 1. The lowest BCUT2D eigenvalue weighted by atomic mass is 10.1. The molecule has 0 spiro atoms. The molecule has 96 valence electrons. The van der Waals surface area contributed by atoms with Crippen molar-refractivity contribution in [2.45, 2.75) is 13.3 Å². The average molecular weight is 267 g/mol. The highest BCUT2D eigenvalue weighted by molar-refractivity contribution is 6.31. The molecule has 2 rings (SSSR count). The van der Waals surface area contributed by atoms with Gasteiger partial charge in [0.1, 0.15) is 11.6 Å². The summed E-state index contributed by atoms with van der Waals surface area (Å²) < 4.78 is 5.35. The van der Waals surface area contributed by atoms with Gasteiger partial charge in [0.15, 0.2) is 0 Å². The van der Waals surface area contributed by atoms with Crippen LogP contribution < -0.4 is 4.74 Å². The molecule has 0 aliphatic heterocycles. The second-order valence-electron chi connectivity index (χ2n) is 4.02. The van der Waals surface area contributed by atoms with Gasteiger partial charge in [-0.3, -0.25) is 0 Å². The molecule has 0 amide bonds. The van der Waals surface area contributed by atoms with Crippen LogP contribution in [-0.2, 0) is 6.42 Å². The number of hydrogen-bond acceptors (Lipinski definition) is 3. The van der Waals surface area contributed by atoms with Crippen LogP contribution in [0.3, 0.4) is 0 Å². The summed E-state index contributed by atoms with van der Waals surface area (Å²) in [5.41, 5.74) is 2.66. The Bertz CT molecular complexity index is 552. The molecular formula is C13H15ClN2O2. The van der Waals surface area contributed by atoms with E-state index in [4.69, 9.17) is 21.4 Å². The van der Waals surface area contributed by atoms with E-state index < -0.39 is 0 Å². The number of aliphatic hydroxyl groups is 1. The van der Waals surface area contributed by atoms with Crippen LogP contribution >= 0.6 is 11.6 Å². The van der Waals surface area contributed by atoms with E-state index in [-0.39, 0.29) is 6.61 Å². The maximum atomic E-state index is 8.87. The predicted octanol–water partition coefficient (Wildman–Crippen LogP) is 2.58. The van der Waals surface area contributed by atoms with Gasteiger partial charge in [-0.2, -0.15) is 0 Å². The zero-order valence-corrected chi connectivity index (χ0v) is 11.1. The number of halogens is 1. The number of imidazole rings is 1. The number of aromatic amines is 1. The Labute approximate surface area is 111 Å². The Morgan fingerprint density at radius 3 is 2.89 bits per heavy atom. The SMILES string of the molecule is COc1cc(C)c(Cl)cc1-c1cnc(CCO)[nH]1. The van der Waals surface area contributed by atoms with Gasteiger partial charge in [-0.05, 0) is 24.6 Å². The van der Waals surface area contributed by atoms with Crippen molar-refractivity contribution < 1.29 is 9.84 Å². The maximum Gasteiger partial charge on any atom is 0.128 e. The number of rotatable bonds is 4. The number of aromatic nitrogens is 2. The molecule has 0 radical (unpaired) electrons. The van der Waals surface area contributed by atoms with Crippen LogP contribution in [0.4, 0.5) is 0 Å². The molecule has 18 heavy (non-hydrogen) atoms. The molecule has 0 aliphatic rings. The molecule has 1 aromatic heterocycles. The molecule has 2 N–H and O–H groups in total. The average Bonchev–Trinajstić information content (AvgIpc) is 2.81. The van der Waals surface area contributed by atoms with Crippen molar-refractivity contribution in [2.24, 2.45) is 0 Å². The summed E-state index contributed by atoms with van der Waals surface area (Å²) in [5, 5.41) is 9.56. The van der Waals surface area contributed by atoms with Crippen molar-refractivity contribution in [3.8, 4) is 17.0 Å². The van der Waals surface area contributed by atoms with E-state index in [1.54, 1.807) is 13.3 Å². The number of nitrogens with one attached hydrogen (secondary N) is 1. The molecule has 0 aliphatic carbocycles. The van der Waals surface area contributed by atoms with Crippen molar-refractivity contribution in [1.82, 2.24) is 9.97 Å². The standard InChI is InChI=1S/C13H15ClN2O2/c1-8-5-12(18-2)9(6-10(8)14)11-7-15-13(16-11)3-4-17/h5-7,17H,3-4H2,1-2H3,(H,15,16). The molecule has 0 bridgehead atoms. The van der Waals surface area contributed by atoms with Crippen LogP contribution in [0.25, 0.3) is 11.3 Å². The minimum atomic E-state index is 0.0682. The lowest BCUT2D eigenvalue weighted by Crippen LogP contribution is -1.93. The second-order valence-corrected chi connectivity index (χ2v) is 4.43. The first-order valence-corrected chi connectivity index (χ1v) is 6.02. The van der Waals surface area contributed by atoms with Crippen LogP contribution in [0.1, 0.15) is 11.4 Å². The second kappa shape index (κ2) is 5.42. The summed E-state index contributed by atoms with van der Waals surface area (Å²) in [7, 11) is 1.62. The van der Waals surface area contributed by atoms with E-state index in [1.807, 2.05) is 19.1 Å². The zero-order valence-electron chi connectivity index (χ0n) is 10.3. The zero-order chi connectivity index (χ0) is 13.1. The number of methoxy groups -OCH3 is 1. The van der Waals surface area contributed by atoms with Crippen molar-refractivity contribution in [3.63, 3.8) is 0 Å². The number of aryl methyl sites for hydroxylation is 1. The minimum absolute atomic E-state index is 0.0682. The van der Waals surface area contributed by atoms with E-state index in [2.05, 4.69) is 9.97 Å². The van der Waals surface area contributed by atoms with Gasteiger partial charge in [0.05, 0.1) is 25.6 Å². The van der Waals surface area contributed by atoms with Crippen molar-refractivity contribution in [3.05, 3.63) is 34.7 Å². The molecule has 5 heteroatoms. The van der Waals surface area contributed by atoms with E-state index >= 15 is 0 Å². The maximum absolute atomic E-state index is 8.87. The Hall–Kier alpha value is -1.52. The van der Waals surface area contributed by atoms with Gasteiger partial charge >= 0.3 is 0 Å². The number of ether oxygens (including phenoxy) is 1. The number of hydrogen-bond donors (Lipinski definition) is 2. The fourth-order valence-electron chi connectivity index (χ4n) is 1.77. The van der Waals surface area contributed by atoms with Gasteiger partial charge in [0, 0.05) is 17.0 Å². The fourth-order valence-corrected chi connectivity index (χ4v) is 1.93. The smallest absolute Gasteiger partial charge is 0.128 e. The molecule has 0 unspecified atom stereocenters. The fraction of sp³-hybridized carbons (Fsp3) is 0.308. The number of benzene rings is 1. The summed E-state index contributed by atoms with van der Waals surface area (Å²) >= 11 is 6.13. The van der Waals surface area contributed by atoms with E-state index in [9.17, 15) is 0 Å². The van der Waals surface area contributed by atoms with Gasteiger partial charge in [-0.15, -0.1) is 0 Å². The molecule has 2 aromatic rings. The quantitative estimate of drug-likeness (QED) is 0.894. The minimum Gasteiger partial charge on any atom is -0.496 e. The van der Waals surface area contributed by atoms with Crippen molar-refractivity contribution in [1.29, 1.82) is 0 Å². The molecular weight excluding hydrogens is 252 g/mol. The summed E-state index contributed by atoms with van der Waals surface area (Å²) in [5.74, 6) is 1.49. The predicted molar refractivity (Wildman–Crippen MR) is 71.1 cm³/mol. The molecule has 1 heterocycles. The third-order valence-electron chi connectivity index (χ3n) is 2.75. The van der Waals surface area contributed by atoms with Gasteiger partial charge in [0.25, 0.3) is 0 Å². The Morgan fingerprint density at radius 2 is 2.22 bits per heavy atom. The topological polar surface area (TPSA) is 58.1 Å². The first-order chi connectivity index (χ1) is 8.65. The van der Waals surface area contributed by atoms with Crippen LogP contribution in [0.15, 0.2) is 18.3 Å². The summed E-state index contributed by atoms with van der Waals surface area (Å²) in [6, 6.07) is 3.75. The summed E-state index contributed by atoms with van der Waals surface area (Å²) in [6.07, 6.45) is 2.22. The molecule has 0 atom stereocenters. The monoisotopic (exact) mass is 266 g/mol. The first-order valence-electron chi connectivity index (χ1n) is 5.65. The number of H-pyrrole nitrogens is 1. The van der Waals surface area contributed by atoms with Gasteiger partial charge in [-0.25, -0.2) is 4.98 Å². The lowest BCUT2D eigenvalue weighted by Gasteiger charge is -2.09. The Kier molecular flexibility index (Phi) is 3.89. The normalized spacial score (nSPS) is 10.7. The van der Waals surface area contributed by atoms with Crippen LogP contribution in [-0.4, -0.2) is 28.8 Å².